The van der Waals surface area contributed by atoms with E-state index in [0.29, 0.717) is 12.8 Å². The molecule has 0 radical (unpaired) electrons. The van der Waals surface area contributed by atoms with Crippen LogP contribution in [0.1, 0.15) is 30.4 Å². The fraction of sp³-hybridized carbons (Fsp3) is 0.286. The molecular formula is C21H24N2O2. The summed E-state index contributed by atoms with van der Waals surface area (Å²) < 4.78 is 0. The number of fused-ring (bicyclic) bond motifs is 1. The third kappa shape index (κ3) is 4.28. The first-order valence-electron chi connectivity index (χ1n) is 8.67. The van der Waals surface area contributed by atoms with E-state index in [1.807, 2.05) is 54.7 Å². The summed E-state index contributed by atoms with van der Waals surface area (Å²) in [6.07, 6.45) is 3.01. The Morgan fingerprint density at radius 2 is 1.84 bits per heavy atom. The van der Waals surface area contributed by atoms with Crippen LogP contribution in [0, 0.1) is 0 Å². The third-order valence-electron chi connectivity index (χ3n) is 4.55. The van der Waals surface area contributed by atoms with E-state index in [1.165, 1.54) is 0 Å². The minimum Gasteiger partial charge on any atom is -0.394 e. The molecule has 1 amide bonds. The summed E-state index contributed by atoms with van der Waals surface area (Å²) in [6, 6.07) is 17.7. The maximum absolute atomic E-state index is 12.4. The Morgan fingerprint density at radius 1 is 1.12 bits per heavy atom. The molecule has 0 saturated carbocycles. The van der Waals surface area contributed by atoms with Crippen LogP contribution in [0.3, 0.4) is 0 Å². The summed E-state index contributed by atoms with van der Waals surface area (Å²) in [4.78, 5) is 15.7. The lowest BCUT2D eigenvalue weighted by Crippen LogP contribution is -2.39. The van der Waals surface area contributed by atoms with Gasteiger partial charge in [0.05, 0.1) is 12.6 Å². The van der Waals surface area contributed by atoms with Crippen LogP contribution in [-0.4, -0.2) is 28.6 Å². The molecule has 1 aromatic heterocycles. The Labute approximate surface area is 147 Å². The Balaban J connectivity index is 1.61. The van der Waals surface area contributed by atoms with Crippen LogP contribution in [0.4, 0.5) is 0 Å². The van der Waals surface area contributed by atoms with Crippen LogP contribution in [0.25, 0.3) is 10.9 Å². The summed E-state index contributed by atoms with van der Waals surface area (Å²) >= 11 is 0. The van der Waals surface area contributed by atoms with Gasteiger partial charge in [-0.2, -0.15) is 0 Å². The van der Waals surface area contributed by atoms with Gasteiger partial charge in [0, 0.05) is 23.5 Å². The molecule has 130 valence electrons. The molecule has 3 rings (SSSR count). The maximum atomic E-state index is 12.4. The number of aliphatic hydroxyl groups is 1. The lowest BCUT2D eigenvalue weighted by atomic mass is 9.96. The minimum atomic E-state index is -0.259. The quantitative estimate of drug-likeness (QED) is 0.619. The number of para-hydroxylation sites is 1. The number of amides is 1. The van der Waals surface area contributed by atoms with Crippen LogP contribution >= 0.6 is 0 Å². The van der Waals surface area contributed by atoms with Crippen molar-refractivity contribution >= 4 is 16.8 Å². The van der Waals surface area contributed by atoms with Crippen molar-refractivity contribution in [2.24, 2.45) is 0 Å². The normalized spacial score (nSPS) is 13.5. The van der Waals surface area contributed by atoms with Crippen molar-refractivity contribution in [2.75, 3.05) is 6.61 Å². The topological polar surface area (TPSA) is 65.1 Å². The molecule has 3 aromatic rings. The van der Waals surface area contributed by atoms with Gasteiger partial charge in [0.15, 0.2) is 0 Å². The lowest BCUT2D eigenvalue weighted by Gasteiger charge is -2.18. The molecule has 0 aliphatic rings. The number of hydrogen-bond donors (Lipinski definition) is 3. The highest BCUT2D eigenvalue weighted by molar-refractivity contribution is 5.85. The van der Waals surface area contributed by atoms with Gasteiger partial charge in [0.25, 0.3) is 0 Å². The van der Waals surface area contributed by atoms with Gasteiger partial charge in [0.1, 0.15) is 0 Å². The van der Waals surface area contributed by atoms with E-state index in [9.17, 15) is 9.90 Å². The van der Waals surface area contributed by atoms with Crippen molar-refractivity contribution in [1.82, 2.24) is 10.3 Å². The van der Waals surface area contributed by atoms with Crippen molar-refractivity contribution in [3.63, 3.8) is 0 Å². The van der Waals surface area contributed by atoms with Gasteiger partial charge in [-0.25, -0.2) is 0 Å². The molecule has 0 spiro atoms. The van der Waals surface area contributed by atoms with E-state index in [4.69, 9.17) is 0 Å². The van der Waals surface area contributed by atoms with Crippen LogP contribution in [-0.2, 0) is 11.2 Å². The molecule has 0 saturated heterocycles. The van der Waals surface area contributed by atoms with Crippen molar-refractivity contribution in [1.29, 1.82) is 0 Å². The zero-order chi connectivity index (χ0) is 17.6. The van der Waals surface area contributed by atoms with E-state index in [1.54, 1.807) is 0 Å². The molecule has 4 nitrogen and oxygen atoms in total. The molecule has 1 heterocycles. The second kappa shape index (κ2) is 7.99. The van der Waals surface area contributed by atoms with Gasteiger partial charge in [0.2, 0.25) is 5.91 Å². The highest BCUT2D eigenvalue weighted by Crippen LogP contribution is 2.27. The number of benzene rings is 2. The monoisotopic (exact) mass is 336 g/mol. The zero-order valence-electron chi connectivity index (χ0n) is 14.4. The third-order valence-corrected chi connectivity index (χ3v) is 4.55. The first-order valence-corrected chi connectivity index (χ1v) is 8.67. The average Bonchev–Trinajstić information content (AvgIpc) is 3.06. The first kappa shape index (κ1) is 17.2. The molecule has 3 N–H and O–H groups in total. The van der Waals surface area contributed by atoms with Gasteiger partial charge >= 0.3 is 0 Å². The number of aromatic amines is 1. The number of hydrogen-bond acceptors (Lipinski definition) is 2. The molecule has 2 unspecified atom stereocenters. The number of carbonyl (C=O) groups excluding carboxylic acids is 1. The molecular weight excluding hydrogens is 312 g/mol. The number of aliphatic hydroxyl groups excluding tert-OH is 1. The molecule has 4 heteroatoms. The van der Waals surface area contributed by atoms with Crippen molar-refractivity contribution in [2.45, 2.75) is 31.7 Å². The van der Waals surface area contributed by atoms with E-state index in [0.717, 1.165) is 22.0 Å². The van der Waals surface area contributed by atoms with Crippen LogP contribution in [0.2, 0.25) is 0 Å². The Bertz CT molecular complexity index is 826. The molecule has 0 bridgehead atoms. The molecule has 0 aliphatic heterocycles. The van der Waals surface area contributed by atoms with Crippen LogP contribution in [0.15, 0.2) is 60.8 Å². The summed E-state index contributed by atoms with van der Waals surface area (Å²) in [5, 5.41) is 13.7. The number of H-pyrrole nitrogens is 1. The molecule has 2 atom stereocenters. The van der Waals surface area contributed by atoms with E-state index in [-0.39, 0.29) is 24.5 Å². The number of rotatable bonds is 7. The second-order valence-corrected chi connectivity index (χ2v) is 6.53. The lowest BCUT2D eigenvalue weighted by molar-refractivity contribution is -0.122. The Kier molecular flexibility index (Phi) is 5.51. The van der Waals surface area contributed by atoms with Crippen molar-refractivity contribution in [3.05, 3.63) is 71.9 Å². The number of aromatic nitrogens is 1. The highest BCUT2D eigenvalue weighted by Gasteiger charge is 2.17. The summed E-state index contributed by atoms with van der Waals surface area (Å²) in [5.74, 6) is 0.0694. The molecule has 2 aromatic carbocycles. The Morgan fingerprint density at radius 3 is 2.60 bits per heavy atom. The average molecular weight is 336 g/mol. The highest BCUT2D eigenvalue weighted by atomic mass is 16.3. The van der Waals surface area contributed by atoms with E-state index < -0.39 is 0 Å². The fourth-order valence-electron chi connectivity index (χ4n) is 3.24. The maximum Gasteiger partial charge on any atom is 0.220 e. The predicted molar refractivity (Wildman–Crippen MR) is 100 cm³/mol. The predicted octanol–water partition coefficient (Wildman–Crippen LogP) is 3.38. The summed E-state index contributed by atoms with van der Waals surface area (Å²) in [6.45, 7) is 1.99. The van der Waals surface area contributed by atoms with Crippen LogP contribution in [0.5, 0.6) is 0 Å². The molecule has 0 fully saturated rings. The van der Waals surface area contributed by atoms with Gasteiger partial charge in [-0.15, -0.1) is 0 Å². The van der Waals surface area contributed by atoms with Crippen LogP contribution < -0.4 is 5.32 Å². The molecule has 0 aliphatic carbocycles. The number of nitrogens with one attached hydrogen (secondary N) is 2. The SMILES string of the molecule is CC(CC(=O)NC(CO)Cc1ccccc1)c1c[nH]c2ccccc12. The largest absolute Gasteiger partial charge is 0.394 e. The fourth-order valence-corrected chi connectivity index (χ4v) is 3.24. The van der Waals surface area contributed by atoms with Crippen molar-refractivity contribution in [3.8, 4) is 0 Å². The Hall–Kier alpha value is -2.59. The van der Waals surface area contributed by atoms with Crippen molar-refractivity contribution < 1.29 is 9.90 Å². The van der Waals surface area contributed by atoms with Gasteiger partial charge in [-0.1, -0.05) is 55.5 Å². The summed E-state index contributed by atoms with van der Waals surface area (Å²) in [7, 11) is 0. The molecule has 25 heavy (non-hydrogen) atoms. The number of carbonyl (C=O) groups is 1. The smallest absolute Gasteiger partial charge is 0.220 e. The second-order valence-electron chi connectivity index (χ2n) is 6.53. The summed E-state index contributed by atoms with van der Waals surface area (Å²) in [5.41, 5.74) is 3.34. The van der Waals surface area contributed by atoms with E-state index >= 15 is 0 Å². The first-order chi connectivity index (χ1) is 12.2. The standard InChI is InChI=1S/C21H24N2O2/c1-15(19-13-22-20-10-6-5-9-18(19)20)11-21(25)23-17(14-24)12-16-7-3-2-4-8-16/h2-10,13,15,17,22,24H,11-12,14H2,1H3,(H,23,25). The van der Waals surface area contributed by atoms with Gasteiger partial charge < -0.3 is 15.4 Å². The van der Waals surface area contributed by atoms with Gasteiger partial charge in [-0.05, 0) is 29.5 Å². The van der Waals surface area contributed by atoms with Gasteiger partial charge in [-0.3, -0.25) is 4.79 Å². The van der Waals surface area contributed by atoms with E-state index in [2.05, 4.69) is 23.3 Å². The zero-order valence-corrected chi connectivity index (χ0v) is 14.4. The minimum absolute atomic E-state index is 0.0345.